The standard InChI is InChI=1S/C12H18N4O2/c1-8(2)5-15-11(17)7-16-12(18)9-3-4-14-6-10(9)13/h3-4,6,8H,5,7,13H2,1-2H3,(H,15,17)(H,16,18). The number of anilines is 1. The van der Waals surface area contributed by atoms with Crippen LogP contribution in [0.1, 0.15) is 24.2 Å². The molecular weight excluding hydrogens is 232 g/mol. The minimum Gasteiger partial charge on any atom is -0.397 e. The predicted octanol–water partition coefficient (Wildman–Crippen LogP) is 0.166. The highest BCUT2D eigenvalue weighted by atomic mass is 16.2. The number of hydrogen-bond acceptors (Lipinski definition) is 4. The molecule has 0 fully saturated rings. The summed E-state index contributed by atoms with van der Waals surface area (Å²) >= 11 is 0. The van der Waals surface area contributed by atoms with Gasteiger partial charge < -0.3 is 16.4 Å². The molecule has 1 rings (SSSR count). The molecule has 4 N–H and O–H groups in total. The number of nitrogen functional groups attached to an aromatic ring is 1. The van der Waals surface area contributed by atoms with Crippen LogP contribution in [0, 0.1) is 5.92 Å². The summed E-state index contributed by atoms with van der Waals surface area (Å²) < 4.78 is 0. The van der Waals surface area contributed by atoms with Crippen LogP contribution in [0.5, 0.6) is 0 Å². The Labute approximate surface area is 106 Å². The molecule has 6 nitrogen and oxygen atoms in total. The summed E-state index contributed by atoms with van der Waals surface area (Å²) in [5.74, 6) is -0.222. The molecule has 0 aliphatic carbocycles. The van der Waals surface area contributed by atoms with Gasteiger partial charge >= 0.3 is 0 Å². The highest BCUT2D eigenvalue weighted by molar-refractivity contribution is 6.00. The zero-order valence-corrected chi connectivity index (χ0v) is 10.6. The van der Waals surface area contributed by atoms with Crippen molar-refractivity contribution in [3.63, 3.8) is 0 Å². The number of carbonyl (C=O) groups excluding carboxylic acids is 2. The van der Waals surface area contributed by atoms with Gasteiger partial charge in [0, 0.05) is 12.7 Å². The van der Waals surface area contributed by atoms with Crippen LogP contribution in [0.3, 0.4) is 0 Å². The average Bonchev–Trinajstić information content (AvgIpc) is 2.34. The maximum absolute atomic E-state index is 11.7. The second kappa shape index (κ2) is 6.58. The molecule has 0 unspecified atom stereocenters. The van der Waals surface area contributed by atoms with Crippen molar-refractivity contribution in [2.75, 3.05) is 18.8 Å². The minimum atomic E-state index is -0.380. The molecule has 0 saturated heterocycles. The summed E-state index contributed by atoms with van der Waals surface area (Å²) in [6, 6.07) is 1.51. The van der Waals surface area contributed by atoms with E-state index in [-0.39, 0.29) is 24.0 Å². The molecule has 0 aliphatic rings. The van der Waals surface area contributed by atoms with Gasteiger partial charge in [0.25, 0.3) is 5.91 Å². The van der Waals surface area contributed by atoms with Crippen molar-refractivity contribution < 1.29 is 9.59 Å². The lowest BCUT2D eigenvalue weighted by molar-refractivity contribution is -0.120. The summed E-state index contributed by atoms with van der Waals surface area (Å²) in [6.07, 6.45) is 2.87. The Morgan fingerprint density at radius 3 is 2.72 bits per heavy atom. The van der Waals surface area contributed by atoms with Gasteiger partial charge in [0.15, 0.2) is 0 Å². The smallest absolute Gasteiger partial charge is 0.253 e. The summed E-state index contributed by atoms with van der Waals surface area (Å²) in [5, 5.41) is 5.21. The Bertz CT molecular complexity index is 432. The van der Waals surface area contributed by atoms with E-state index in [1.54, 1.807) is 0 Å². The van der Waals surface area contributed by atoms with Crippen LogP contribution in [-0.2, 0) is 4.79 Å². The van der Waals surface area contributed by atoms with E-state index >= 15 is 0 Å². The second-order valence-corrected chi connectivity index (χ2v) is 4.34. The van der Waals surface area contributed by atoms with E-state index in [2.05, 4.69) is 15.6 Å². The quantitative estimate of drug-likeness (QED) is 0.693. The Balaban J connectivity index is 2.42. The number of carbonyl (C=O) groups is 2. The normalized spacial score (nSPS) is 10.2. The van der Waals surface area contributed by atoms with Crippen LogP contribution in [-0.4, -0.2) is 29.9 Å². The van der Waals surface area contributed by atoms with Crippen molar-refractivity contribution in [2.45, 2.75) is 13.8 Å². The van der Waals surface area contributed by atoms with Gasteiger partial charge in [-0.15, -0.1) is 0 Å². The number of hydrogen-bond donors (Lipinski definition) is 3. The molecule has 1 heterocycles. The number of amides is 2. The maximum atomic E-state index is 11.7. The van der Waals surface area contributed by atoms with Crippen molar-refractivity contribution >= 4 is 17.5 Å². The van der Waals surface area contributed by atoms with Gasteiger partial charge in [-0.2, -0.15) is 0 Å². The Morgan fingerprint density at radius 2 is 2.11 bits per heavy atom. The molecule has 0 spiro atoms. The molecule has 0 saturated carbocycles. The molecule has 0 aromatic carbocycles. The number of nitrogens with two attached hydrogens (primary N) is 1. The van der Waals surface area contributed by atoms with E-state index in [4.69, 9.17) is 5.73 Å². The first kappa shape index (κ1) is 14.0. The third-order valence-corrected chi connectivity index (χ3v) is 2.21. The maximum Gasteiger partial charge on any atom is 0.253 e. The van der Waals surface area contributed by atoms with Crippen molar-refractivity contribution in [2.24, 2.45) is 5.92 Å². The largest absolute Gasteiger partial charge is 0.397 e. The van der Waals surface area contributed by atoms with E-state index in [1.807, 2.05) is 13.8 Å². The summed E-state index contributed by atoms with van der Waals surface area (Å²) in [7, 11) is 0. The van der Waals surface area contributed by atoms with Gasteiger partial charge in [-0.3, -0.25) is 14.6 Å². The van der Waals surface area contributed by atoms with E-state index in [9.17, 15) is 9.59 Å². The fraction of sp³-hybridized carbons (Fsp3) is 0.417. The Hall–Kier alpha value is -2.11. The molecule has 0 atom stereocenters. The highest BCUT2D eigenvalue weighted by Crippen LogP contribution is 2.07. The third-order valence-electron chi connectivity index (χ3n) is 2.21. The van der Waals surface area contributed by atoms with Crippen LogP contribution >= 0.6 is 0 Å². The highest BCUT2D eigenvalue weighted by Gasteiger charge is 2.10. The molecule has 6 heteroatoms. The van der Waals surface area contributed by atoms with E-state index < -0.39 is 0 Å². The van der Waals surface area contributed by atoms with Gasteiger partial charge in [-0.05, 0) is 12.0 Å². The van der Waals surface area contributed by atoms with Crippen LogP contribution in [0.25, 0.3) is 0 Å². The Kier molecular flexibility index (Phi) is 5.10. The topological polar surface area (TPSA) is 97.1 Å². The molecule has 2 amide bonds. The number of aromatic nitrogens is 1. The monoisotopic (exact) mass is 250 g/mol. The van der Waals surface area contributed by atoms with E-state index in [0.717, 1.165) is 0 Å². The van der Waals surface area contributed by atoms with Crippen molar-refractivity contribution in [3.05, 3.63) is 24.0 Å². The summed E-state index contributed by atoms with van der Waals surface area (Å²) in [6.45, 7) is 4.52. The lowest BCUT2D eigenvalue weighted by Gasteiger charge is -2.09. The second-order valence-electron chi connectivity index (χ2n) is 4.34. The molecule has 18 heavy (non-hydrogen) atoms. The molecule has 1 aromatic rings. The number of nitrogens with one attached hydrogen (secondary N) is 2. The SMILES string of the molecule is CC(C)CNC(=O)CNC(=O)c1ccncc1N. The number of nitrogens with zero attached hydrogens (tertiary/aromatic N) is 1. The van der Waals surface area contributed by atoms with Crippen molar-refractivity contribution in [3.8, 4) is 0 Å². The van der Waals surface area contributed by atoms with Crippen LogP contribution in [0.4, 0.5) is 5.69 Å². The van der Waals surface area contributed by atoms with E-state index in [1.165, 1.54) is 18.5 Å². The van der Waals surface area contributed by atoms with Crippen molar-refractivity contribution in [1.29, 1.82) is 0 Å². The first-order valence-corrected chi connectivity index (χ1v) is 5.75. The third kappa shape index (κ3) is 4.40. The minimum absolute atomic E-state index is 0.0622. The zero-order chi connectivity index (χ0) is 13.5. The van der Waals surface area contributed by atoms with Gasteiger partial charge in [0.05, 0.1) is 24.0 Å². The summed E-state index contributed by atoms with van der Waals surface area (Å²) in [5.41, 5.74) is 6.21. The molecule has 0 aliphatic heterocycles. The zero-order valence-electron chi connectivity index (χ0n) is 10.6. The van der Waals surface area contributed by atoms with Crippen LogP contribution in [0.2, 0.25) is 0 Å². The Morgan fingerprint density at radius 1 is 1.39 bits per heavy atom. The lowest BCUT2D eigenvalue weighted by atomic mass is 10.2. The van der Waals surface area contributed by atoms with Crippen LogP contribution < -0.4 is 16.4 Å². The van der Waals surface area contributed by atoms with Crippen LogP contribution in [0.15, 0.2) is 18.5 Å². The molecular formula is C12H18N4O2. The van der Waals surface area contributed by atoms with Gasteiger partial charge in [0.2, 0.25) is 5.91 Å². The molecule has 0 radical (unpaired) electrons. The molecule has 1 aromatic heterocycles. The first-order chi connectivity index (χ1) is 8.50. The fourth-order valence-electron chi connectivity index (χ4n) is 1.25. The number of pyridine rings is 1. The van der Waals surface area contributed by atoms with Crippen molar-refractivity contribution in [1.82, 2.24) is 15.6 Å². The molecule has 0 bridgehead atoms. The number of rotatable bonds is 5. The molecule has 98 valence electrons. The lowest BCUT2D eigenvalue weighted by Crippen LogP contribution is -2.38. The summed E-state index contributed by atoms with van der Waals surface area (Å²) in [4.78, 5) is 26.9. The average molecular weight is 250 g/mol. The first-order valence-electron chi connectivity index (χ1n) is 5.75. The van der Waals surface area contributed by atoms with E-state index in [0.29, 0.717) is 18.0 Å². The van der Waals surface area contributed by atoms with Gasteiger partial charge in [-0.25, -0.2) is 0 Å². The predicted molar refractivity (Wildman–Crippen MR) is 68.8 cm³/mol. The van der Waals surface area contributed by atoms with Gasteiger partial charge in [0.1, 0.15) is 0 Å². The van der Waals surface area contributed by atoms with Gasteiger partial charge in [-0.1, -0.05) is 13.8 Å². The fourth-order valence-corrected chi connectivity index (χ4v) is 1.25.